The van der Waals surface area contributed by atoms with Gasteiger partial charge in [-0.2, -0.15) is 0 Å². The Labute approximate surface area is 220 Å². The van der Waals surface area contributed by atoms with E-state index in [9.17, 15) is 9.18 Å². The van der Waals surface area contributed by atoms with Crippen LogP contribution in [0.1, 0.15) is 25.7 Å². The third kappa shape index (κ3) is 7.38. The predicted molar refractivity (Wildman–Crippen MR) is 144 cm³/mol. The lowest BCUT2D eigenvalue weighted by atomic mass is 10.1. The summed E-state index contributed by atoms with van der Waals surface area (Å²) >= 11 is 5.94. The second-order valence-electron chi connectivity index (χ2n) is 9.01. The van der Waals surface area contributed by atoms with Crippen LogP contribution >= 0.6 is 11.6 Å². The molecule has 0 unspecified atom stereocenters. The van der Waals surface area contributed by atoms with Gasteiger partial charge in [0.2, 0.25) is 5.91 Å². The molecule has 37 heavy (non-hydrogen) atoms. The van der Waals surface area contributed by atoms with E-state index in [4.69, 9.17) is 21.1 Å². The average Bonchev–Trinajstić information content (AvgIpc) is 3.39. The maximum absolute atomic E-state index is 13.6. The summed E-state index contributed by atoms with van der Waals surface area (Å²) in [4.78, 5) is 23.6. The zero-order valence-electron chi connectivity index (χ0n) is 21.0. The molecule has 0 bridgehead atoms. The zero-order chi connectivity index (χ0) is 26.2. The third-order valence-corrected chi connectivity index (χ3v) is 6.43. The van der Waals surface area contributed by atoms with Crippen LogP contribution in [0.2, 0.25) is 5.02 Å². The SMILES string of the molecule is COCCN(C)CC=CC(=O)Nc1cc2c(Nc3ccc(F)c(Cl)c3)ncnc2cc1OC1CCCC1. The highest BCUT2D eigenvalue weighted by Crippen LogP contribution is 2.36. The number of ether oxygens (including phenoxy) is 2. The molecule has 4 rings (SSSR count). The lowest BCUT2D eigenvalue weighted by Gasteiger charge is -2.18. The number of likely N-dealkylation sites (N-methyl/N-ethyl adjacent to an activating group) is 1. The van der Waals surface area contributed by atoms with Gasteiger partial charge in [-0.3, -0.25) is 4.79 Å². The number of carbonyl (C=O) groups is 1. The highest BCUT2D eigenvalue weighted by molar-refractivity contribution is 6.31. The first-order chi connectivity index (χ1) is 17.9. The van der Waals surface area contributed by atoms with E-state index >= 15 is 0 Å². The monoisotopic (exact) mass is 527 g/mol. The Kier molecular flexibility index (Phi) is 9.27. The van der Waals surface area contributed by atoms with Crippen LogP contribution in [0.25, 0.3) is 10.9 Å². The molecule has 1 amide bonds. The molecule has 1 aliphatic rings. The summed E-state index contributed by atoms with van der Waals surface area (Å²) in [6.07, 6.45) is 9.04. The van der Waals surface area contributed by atoms with Gasteiger partial charge in [0.05, 0.1) is 28.9 Å². The van der Waals surface area contributed by atoms with Crippen LogP contribution in [0.4, 0.5) is 21.6 Å². The number of hydrogen-bond donors (Lipinski definition) is 2. The van der Waals surface area contributed by atoms with Crippen molar-refractivity contribution in [2.75, 3.05) is 44.5 Å². The molecule has 1 aliphatic carbocycles. The van der Waals surface area contributed by atoms with Gasteiger partial charge in [-0.15, -0.1) is 0 Å². The van der Waals surface area contributed by atoms with Crippen LogP contribution in [0.3, 0.4) is 0 Å². The standard InChI is InChI=1S/C27H31ClFN5O3/c1-34(12-13-36-2)11-5-8-26(35)33-24-15-20-23(16-25(24)37-19-6-3-4-7-19)30-17-31-27(20)32-18-9-10-22(29)21(28)14-18/h5,8-10,14-17,19H,3-4,6-7,11-13H2,1-2H3,(H,33,35)(H,30,31,32). The molecule has 1 saturated carbocycles. The first kappa shape index (κ1) is 26.8. The van der Waals surface area contributed by atoms with E-state index in [-0.39, 0.29) is 17.0 Å². The first-order valence-corrected chi connectivity index (χ1v) is 12.6. The molecule has 0 aliphatic heterocycles. The Balaban J connectivity index is 1.60. The fraction of sp³-hybridized carbons (Fsp3) is 0.370. The number of aromatic nitrogens is 2. The summed E-state index contributed by atoms with van der Waals surface area (Å²) in [5, 5.41) is 6.79. The highest BCUT2D eigenvalue weighted by atomic mass is 35.5. The minimum atomic E-state index is -0.503. The summed E-state index contributed by atoms with van der Waals surface area (Å²) < 4.78 is 25.0. The third-order valence-electron chi connectivity index (χ3n) is 6.14. The van der Waals surface area contributed by atoms with E-state index in [1.54, 1.807) is 25.3 Å². The molecule has 0 atom stereocenters. The van der Waals surface area contributed by atoms with Crippen LogP contribution in [0, 0.1) is 5.82 Å². The summed E-state index contributed by atoms with van der Waals surface area (Å²) in [6.45, 7) is 2.00. The number of benzene rings is 2. The smallest absolute Gasteiger partial charge is 0.248 e. The minimum Gasteiger partial charge on any atom is -0.488 e. The van der Waals surface area contributed by atoms with Gasteiger partial charge in [-0.25, -0.2) is 14.4 Å². The van der Waals surface area contributed by atoms with Gasteiger partial charge in [-0.1, -0.05) is 17.7 Å². The van der Waals surface area contributed by atoms with Crippen molar-refractivity contribution in [1.29, 1.82) is 0 Å². The lowest BCUT2D eigenvalue weighted by Crippen LogP contribution is -2.23. The van der Waals surface area contributed by atoms with Gasteiger partial charge in [-0.05, 0) is 57.0 Å². The Morgan fingerprint density at radius 2 is 2.05 bits per heavy atom. The molecule has 2 N–H and O–H groups in total. The maximum Gasteiger partial charge on any atom is 0.248 e. The van der Waals surface area contributed by atoms with Crippen molar-refractivity contribution >= 4 is 45.6 Å². The van der Waals surface area contributed by atoms with Crippen molar-refractivity contribution < 1.29 is 18.7 Å². The molecule has 2 aromatic carbocycles. The lowest BCUT2D eigenvalue weighted by molar-refractivity contribution is -0.111. The van der Waals surface area contributed by atoms with E-state index in [0.717, 1.165) is 32.2 Å². The number of halogens is 2. The number of nitrogens with zero attached hydrogens (tertiary/aromatic N) is 3. The van der Waals surface area contributed by atoms with Crippen LogP contribution in [-0.2, 0) is 9.53 Å². The second-order valence-corrected chi connectivity index (χ2v) is 9.42. The molecule has 0 spiro atoms. The molecular formula is C27H31ClFN5O3. The summed E-state index contributed by atoms with van der Waals surface area (Å²) in [7, 11) is 3.62. The van der Waals surface area contributed by atoms with E-state index in [1.165, 1.54) is 24.5 Å². The molecule has 8 nitrogen and oxygen atoms in total. The molecule has 1 fully saturated rings. The Morgan fingerprint density at radius 3 is 2.81 bits per heavy atom. The van der Waals surface area contributed by atoms with Crippen LogP contribution < -0.4 is 15.4 Å². The van der Waals surface area contributed by atoms with Crippen molar-refractivity contribution in [3.05, 3.63) is 59.7 Å². The number of fused-ring (bicyclic) bond motifs is 1. The number of amides is 1. The van der Waals surface area contributed by atoms with Crippen LogP contribution in [0.5, 0.6) is 5.75 Å². The van der Waals surface area contributed by atoms with E-state index < -0.39 is 5.82 Å². The van der Waals surface area contributed by atoms with Crippen molar-refractivity contribution in [1.82, 2.24) is 14.9 Å². The number of anilines is 3. The van der Waals surface area contributed by atoms with Crippen LogP contribution in [-0.4, -0.2) is 60.7 Å². The number of carbonyl (C=O) groups excluding carboxylic acids is 1. The number of nitrogens with one attached hydrogen (secondary N) is 2. The average molecular weight is 528 g/mol. The van der Waals surface area contributed by atoms with E-state index in [2.05, 4.69) is 25.5 Å². The largest absolute Gasteiger partial charge is 0.488 e. The van der Waals surface area contributed by atoms with Crippen molar-refractivity contribution in [2.45, 2.75) is 31.8 Å². The summed E-state index contributed by atoms with van der Waals surface area (Å²) in [5.74, 6) is 0.280. The molecule has 1 heterocycles. The molecule has 0 radical (unpaired) electrons. The first-order valence-electron chi connectivity index (χ1n) is 12.3. The second kappa shape index (κ2) is 12.8. The Bertz CT molecular complexity index is 1270. The van der Waals surface area contributed by atoms with Crippen molar-refractivity contribution in [2.24, 2.45) is 0 Å². The number of rotatable bonds is 11. The fourth-order valence-corrected chi connectivity index (χ4v) is 4.31. The van der Waals surface area contributed by atoms with Crippen LogP contribution in [0.15, 0.2) is 48.8 Å². The molecule has 1 aromatic heterocycles. The van der Waals surface area contributed by atoms with Gasteiger partial charge in [0.15, 0.2) is 0 Å². The van der Waals surface area contributed by atoms with Gasteiger partial charge in [0.1, 0.15) is 23.7 Å². The predicted octanol–water partition coefficient (Wildman–Crippen LogP) is 5.56. The van der Waals surface area contributed by atoms with Gasteiger partial charge in [0, 0.05) is 43.4 Å². The fourth-order valence-electron chi connectivity index (χ4n) is 4.13. The Morgan fingerprint density at radius 1 is 1.24 bits per heavy atom. The summed E-state index contributed by atoms with van der Waals surface area (Å²) in [6, 6.07) is 7.95. The maximum atomic E-state index is 13.6. The quantitative estimate of drug-likeness (QED) is 0.315. The Hall–Kier alpha value is -3.27. The number of hydrogen-bond acceptors (Lipinski definition) is 7. The summed E-state index contributed by atoms with van der Waals surface area (Å²) in [5.41, 5.74) is 1.74. The van der Waals surface area contributed by atoms with Gasteiger partial charge < -0.3 is 25.0 Å². The van der Waals surface area contributed by atoms with Gasteiger partial charge in [0.25, 0.3) is 0 Å². The number of methoxy groups -OCH3 is 1. The highest BCUT2D eigenvalue weighted by Gasteiger charge is 2.20. The molecule has 196 valence electrons. The molecule has 10 heteroatoms. The molecule has 0 saturated heterocycles. The van der Waals surface area contributed by atoms with Gasteiger partial charge >= 0.3 is 0 Å². The normalized spacial score (nSPS) is 14.1. The van der Waals surface area contributed by atoms with Crippen molar-refractivity contribution in [3.8, 4) is 5.75 Å². The molecule has 3 aromatic rings. The molecular weight excluding hydrogens is 497 g/mol. The van der Waals surface area contributed by atoms with E-state index in [1.807, 2.05) is 13.1 Å². The zero-order valence-corrected chi connectivity index (χ0v) is 21.7. The topological polar surface area (TPSA) is 88.6 Å². The van der Waals surface area contributed by atoms with E-state index in [0.29, 0.717) is 47.0 Å². The minimum absolute atomic E-state index is 0.00298. The van der Waals surface area contributed by atoms with Crippen molar-refractivity contribution in [3.63, 3.8) is 0 Å².